The van der Waals surface area contributed by atoms with Gasteiger partial charge in [0.05, 0.1) is 0 Å². The molecule has 1 aromatic carbocycles. The molecular weight excluding hydrogens is 274 g/mol. The summed E-state index contributed by atoms with van der Waals surface area (Å²) in [4.78, 5) is 12.1. The summed E-state index contributed by atoms with van der Waals surface area (Å²) < 4.78 is 10.8. The molecule has 1 amide bonds. The molecule has 114 valence electrons. The molecule has 1 aliphatic heterocycles. The van der Waals surface area contributed by atoms with Crippen LogP contribution in [0.4, 0.5) is 0 Å². The Balaban J connectivity index is 2.04. The lowest BCUT2D eigenvalue weighted by atomic mass is 9.92. The first-order chi connectivity index (χ1) is 9.94. The minimum Gasteiger partial charge on any atom is -0.486 e. The van der Waals surface area contributed by atoms with Crippen LogP contribution in [-0.2, 0) is 0 Å². The Morgan fingerprint density at radius 2 is 2.05 bits per heavy atom. The number of hydrogen-bond acceptors (Lipinski definition) is 5. The smallest absolute Gasteiger partial charge is 0.251 e. The monoisotopic (exact) mass is 293 g/mol. The molecule has 0 saturated heterocycles. The third kappa shape index (κ3) is 3.36. The molecule has 2 rings (SSSR count). The van der Waals surface area contributed by atoms with E-state index in [2.05, 4.69) is 10.5 Å². The average Bonchev–Trinajstić information content (AvgIpc) is 2.51. The van der Waals surface area contributed by atoms with Crippen LogP contribution in [0.1, 0.15) is 24.2 Å². The zero-order valence-corrected chi connectivity index (χ0v) is 12.0. The normalized spacial score (nSPS) is 14.7. The molecule has 0 aromatic heterocycles. The fourth-order valence-electron chi connectivity index (χ4n) is 1.81. The lowest BCUT2D eigenvalue weighted by molar-refractivity contribution is 0.0943. The SMILES string of the molecule is CC(C)(CNC(=O)c1ccc2c(c1)OCCO2)/C(N)=N/O. The predicted octanol–water partition coefficient (Wildman–Crippen LogP) is 0.960. The van der Waals surface area contributed by atoms with Gasteiger partial charge in [0.25, 0.3) is 5.91 Å². The Bertz CT molecular complexity index is 569. The number of ether oxygens (including phenoxy) is 2. The van der Waals surface area contributed by atoms with Gasteiger partial charge in [-0.25, -0.2) is 0 Å². The van der Waals surface area contributed by atoms with Crippen molar-refractivity contribution in [3.8, 4) is 11.5 Å². The van der Waals surface area contributed by atoms with Crippen molar-refractivity contribution in [2.45, 2.75) is 13.8 Å². The lowest BCUT2D eigenvalue weighted by Crippen LogP contribution is -2.42. The largest absolute Gasteiger partial charge is 0.486 e. The van der Waals surface area contributed by atoms with E-state index < -0.39 is 5.41 Å². The van der Waals surface area contributed by atoms with E-state index in [0.29, 0.717) is 30.3 Å². The molecule has 21 heavy (non-hydrogen) atoms. The molecule has 4 N–H and O–H groups in total. The second-order valence-electron chi connectivity index (χ2n) is 5.41. The number of nitrogens with zero attached hydrogens (tertiary/aromatic N) is 1. The van der Waals surface area contributed by atoms with Gasteiger partial charge in [-0.3, -0.25) is 4.79 Å². The molecule has 1 aliphatic rings. The molecule has 0 spiro atoms. The molecule has 0 saturated carbocycles. The van der Waals surface area contributed by atoms with Gasteiger partial charge in [-0.15, -0.1) is 0 Å². The number of carbonyl (C=O) groups excluding carboxylic acids is 1. The summed E-state index contributed by atoms with van der Waals surface area (Å²) in [6.45, 7) is 4.76. The first kappa shape index (κ1) is 15.0. The number of fused-ring (bicyclic) bond motifs is 1. The molecule has 0 fully saturated rings. The summed E-state index contributed by atoms with van der Waals surface area (Å²) in [5.74, 6) is 0.996. The van der Waals surface area contributed by atoms with Gasteiger partial charge in [-0.2, -0.15) is 0 Å². The van der Waals surface area contributed by atoms with Gasteiger partial charge in [0.1, 0.15) is 19.0 Å². The van der Waals surface area contributed by atoms with Crippen LogP contribution < -0.4 is 20.5 Å². The standard InChI is InChI=1S/C14H19N3O4/c1-14(2,13(15)17-19)8-16-12(18)9-3-4-10-11(7-9)21-6-5-20-10/h3-4,7,19H,5-6,8H2,1-2H3,(H2,15,17)(H,16,18). The van der Waals surface area contributed by atoms with E-state index in [0.717, 1.165) is 0 Å². The van der Waals surface area contributed by atoms with Gasteiger partial charge in [-0.1, -0.05) is 19.0 Å². The highest BCUT2D eigenvalue weighted by Gasteiger charge is 2.25. The minimum absolute atomic E-state index is 0.0602. The van der Waals surface area contributed by atoms with E-state index in [1.807, 2.05) is 0 Å². The molecule has 7 nitrogen and oxygen atoms in total. The van der Waals surface area contributed by atoms with Crippen molar-refractivity contribution >= 4 is 11.7 Å². The summed E-state index contributed by atoms with van der Waals surface area (Å²) >= 11 is 0. The zero-order chi connectivity index (χ0) is 15.5. The highest BCUT2D eigenvalue weighted by atomic mass is 16.6. The molecule has 1 heterocycles. The summed E-state index contributed by atoms with van der Waals surface area (Å²) in [5.41, 5.74) is 5.41. The third-order valence-corrected chi connectivity index (χ3v) is 3.30. The summed E-state index contributed by atoms with van der Waals surface area (Å²) in [5, 5.41) is 14.4. The number of carbonyl (C=O) groups is 1. The fourth-order valence-corrected chi connectivity index (χ4v) is 1.81. The second kappa shape index (κ2) is 5.90. The maximum absolute atomic E-state index is 12.1. The fraction of sp³-hybridized carbons (Fsp3) is 0.429. The topological polar surface area (TPSA) is 106 Å². The molecule has 0 radical (unpaired) electrons. The van der Waals surface area contributed by atoms with Crippen LogP contribution in [0.2, 0.25) is 0 Å². The highest BCUT2D eigenvalue weighted by Crippen LogP contribution is 2.30. The number of nitrogens with one attached hydrogen (secondary N) is 1. The number of amidine groups is 1. The van der Waals surface area contributed by atoms with Gasteiger partial charge in [0, 0.05) is 17.5 Å². The van der Waals surface area contributed by atoms with Gasteiger partial charge in [0.15, 0.2) is 11.5 Å². The lowest BCUT2D eigenvalue weighted by Gasteiger charge is -2.23. The van der Waals surface area contributed by atoms with Crippen LogP contribution in [0.5, 0.6) is 11.5 Å². The third-order valence-electron chi connectivity index (χ3n) is 3.30. The van der Waals surface area contributed by atoms with Gasteiger partial charge in [-0.05, 0) is 18.2 Å². The van der Waals surface area contributed by atoms with E-state index in [9.17, 15) is 4.79 Å². The Kier molecular flexibility index (Phi) is 4.21. The van der Waals surface area contributed by atoms with Crippen LogP contribution in [0, 0.1) is 5.41 Å². The summed E-state index contributed by atoms with van der Waals surface area (Å²) in [7, 11) is 0. The summed E-state index contributed by atoms with van der Waals surface area (Å²) in [6.07, 6.45) is 0. The van der Waals surface area contributed by atoms with Crippen LogP contribution in [0.15, 0.2) is 23.4 Å². The number of nitrogens with two attached hydrogens (primary N) is 1. The maximum Gasteiger partial charge on any atom is 0.251 e. The molecule has 0 atom stereocenters. The molecule has 7 heteroatoms. The average molecular weight is 293 g/mol. The van der Waals surface area contributed by atoms with Crippen molar-refractivity contribution in [1.82, 2.24) is 5.32 Å². The molecule has 0 bridgehead atoms. The molecule has 0 aliphatic carbocycles. The molecular formula is C14H19N3O4. The maximum atomic E-state index is 12.1. The van der Waals surface area contributed by atoms with Crippen molar-refractivity contribution in [1.29, 1.82) is 0 Å². The van der Waals surface area contributed by atoms with Crippen LogP contribution in [0.25, 0.3) is 0 Å². The van der Waals surface area contributed by atoms with Crippen LogP contribution >= 0.6 is 0 Å². The summed E-state index contributed by atoms with van der Waals surface area (Å²) in [6, 6.07) is 5.01. The first-order valence-corrected chi connectivity index (χ1v) is 6.60. The number of hydrogen-bond donors (Lipinski definition) is 3. The Labute approximate surface area is 122 Å². The van der Waals surface area contributed by atoms with E-state index >= 15 is 0 Å². The van der Waals surface area contributed by atoms with Crippen molar-refractivity contribution in [2.75, 3.05) is 19.8 Å². The van der Waals surface area contributed by atoms with Crippen LogP contribution in [-0.4, -0.2) is 36.7 Å². The van der Waals surface area contributed by atoms with E-state index in [-0.39, 0.29) is 18.3 Å². The van der Waals surface area contributed by atoms with Crippen molar-refractivity contribution in [3.05, 3.63) is 23.8 Å². The first-order valence-electron chi connectivity index (χ1n) is 6.60. The van der Waals surface area contributed by atoms with E-state index in [4.69, 9.17) is 20.4 Å². The van der Waals surface area contributed by atoms with E-state index in [1.165, 1.54) is 0 Å². The number of benzene rings is 1. The van der Waals surface area contributed by atoms with Crippen molar-refractivity contribution in [2.24, 2.45) is 16.3 Å². The van der Waals surface area contributed by atoms with E-state index in [1.54, 1.807) is 32.0 Å². The molecule has 0 unspecified atom stereocenters. The van der Waals surface area contributed by atoms with Gasteiger partial charge >= 0.3 is 0 Å². The quantitative estimate of drug-likeness (QED) is 0.332. The van der Waals surface area contributed by atoms with Crippen molar-refractivity contribution < 1.29 is 19.5 Å². The van der Waals surface area contributed by atoms with Crippen molar-refractivity contribution in [3.63, 3.8) is 0 Å². The highest BCUT2D eigenvalue weighted by molar-refractivity contribution is 5.95. The second-order valence-corrected chi connectivity index (χ2v) is 5.41. The number of amides is 1. The number of rotatable bonds is 4. The zero-order valence-electron chi connectivity index (χ0n) is 12.0. The predicted molar refractivity (Wildman–Crippen MR) is 77.0 cm³/mol. The Morgan fingerprint density at radius 3 is 2.71 bits per heavy atom. The minimum atomic E-state index is -0.641. The van der Waals surface area contributed by atoms with Gasteiger partial charge < -0.3 is 25.7 Å². The number of oxime groups is 1. The van der Waals surface area contributed by atoms with Gasteiger partial charge in [0.2, 0.25) is 0 Å². The van der Waals surface area contributed by atoms with Crippen LogP contribution in [0.3, 0.4) is 0 Å². The Hall–Kier alpha value is -2.44. The Morgan fingerprint density at radius 1 is 1.38 bits per heavy atom. The molecule has 1 aromatic rings.